The van der Waals surface area contributed by atoms with E-state index >= 15 is 0 Å². The van der Waals surface area contributed by atoms with Crippen LogP contribution < -0.4 is 5.73 Å². The molecule has 0 saturated heterocycles. The third kappa shape index (κ3) is 2.60. The van der Waals surface area contributed by atoms with E-state index in [1.807, 2.05) is 6.07 Å². The summed E-state index contributed by atoms with van der Waals surface area (Å²) in [7, 11) is 0. The van der Waals surface area contributed by atoms with Crippen molar-refractivity contribution in [3.63, 3.8) is 0 Å². The monoisotopic (exact) mass is 231 g/mol. The molecule has 5 heteroatoms. The highest BCUT2D eigenvalue weighted by atomic mass is 16.6. The van der Waals surface area contributed by atoms with Gasteiger partial charge >= 0.3 is 0 Å². The van der Waals surface area contributed by atoms with Gasteiger partial charge in [0, 0.05) is 12.1 Å². The number of hydrogen-bond acceptors (Lipinski definition) is 4. The van der Waals surface area contributed by atoms with Crippen LogP contribution in [0.15, 0.2) is 18.2 Å². The summed E-state index contributed by atoms with van der Waals surface area (Å²) in [6, 6.07) is 6.59. The first-order chi connectivity index (χ1) is 8.11. The number of nitro groups is 1. The lowest BCUT2D eigenvalue weighted by Crippen LogP contribution is -2.25. The summed E-state index contributed by atoms with van der Waals surface area (Å²) >= 11 is 0. The first-order valence-electron chi connectivity index (χ1n) is 5.55. The average Bonchev–Trinajstić information content (AvgIpc) is 3.12. The van der Waals surface area contributed by atoms with E-state index in [0.717, 1.165) is 5.56 Å². The zero-order chi connectivity index (χ0) is 12.4. The van der Waals surface area contributed by atoms with Crippen molar-refractivity contribution >= 4 is 5.69 Å². The van der Waals surface area contributed by atoms with Gasteiger partial charge in [0.1, 0.15) is 11.6 Å². The standard InChI is InChI=1S/C12H13N3O2/c13-7-10-5-8(1-4-12(10)15(16)17)6-11(14)9-2-3-9/h1,4-5,9,11H,2-3,6,14H2. The molecule has 1 fully saturated rings. The summed E-state index contributed by atoms with van der Waals surface area (Å²) < 4.78 is 0. The van der Waals surface area contributed by atoms with E-state index < -0.39 is 4.92 Å². The molecule has 0 aliphatic heterocycles. The van der Waals surface area contributed by atoms with Crippen molar-refractivity contribution < 1.29 is 4.92 Å². The van der Waals surface area contributed by atoms with Gasteiger partial charge in [0.2, 0.25) is 0 Å². The largest absolute Gasteiger partial charge is 0.327 e. The summed E-state index contributed by atoms with van der Waals surface area (Å²) in [4.78, 5) is 10.1. The van der Waals surface area contributed by atoms with Gasteiger partial charge in [-0.15, -0.1) is 0 Å². The van der Waals surface area contributed by atoms with Crippen molar-refractivity contribution in [2.24, 2.45) is 11.7 Å². The maximum Gasteiger partial charge on any atom is 0.287 e. The summed E-state index contributed by atoms with van der Waals surface area (Å²) in [5.41, 5.74) is 6.84. The van der Waals surface area contributed by atoms with Crippen molar-refractivity contribution in [1.82, 2.24) is 0 Å². The predicted octanol–water partition coefficient (Wildman–Crippen LogP) is 1.75. The second-order valence-corrected chi connectivity index (χ2v) is 4.43. The van der Waals surface area contributed by atoms with Gasteiger partial charge in [0.25, 0.3) is 5.69 Å². The summed E-state index contributed by atoms with van der Waals surface area (Å²) in [5.74, 6) is 0.579. The van der Waals surface area contributed by atoms with E-state index in [2.05, 4.69) is 0 Å². The number of nitro benzene ring substituents is 1. The van der Waals surface area contributed by atoms with Gasteiger partial charge in [-0.1, -0.05) is 6.07 Å². The molecule has 17 heavy (non-hydrogen) atoms. The number of hydrogen-bond donors (Lipinski definition) is 1. The first kappa shape index (κ1) is 11.6. The van der Waals surface area contributed by atoms with E-state index in [1.165, 1.54) is 18.9 Å². The minimum Gasteiger partial charge on any atom is -0.327 e. The van der Waals surface area contributed by atoms with Crippen LogP contribution in [0.1, 0.15) is 24.0 Å². The van der Waals surface area contributed by atoms with Crippen molar-refractivity contribution in [1.29, 1.82) is 5.26 Å². The Bertz CT molecular complexity index is 489. The Morgan fingerprint density at radius 3 is 2.82 bits per heavy atom. The Hall–Kier alpha value is -1.93. The molecule has 2 N–H and O–H groups in total. The molecule has 0 amide bonds. The highest BCUT2D eigenvalue weighted by Crippen LogP contribution is 2.33. The first-order valence-corrected chi connectivity index (χ1v) is 5.55. The highest BCUT2D eigenvalue weighted by molar-refractivity contribution is 5.50. The van der Waals surface area contributed by atoms with Gasteiger partial charge in [-0.25, -0.2) is 0 Å². The summed E-state index contributed by atoms with van der Waals surface area (Å²) in [6.45, 7) is 0. The molecule has 0 aromatic heterocycles. The van der Waals surface area contributed by atoms with Gasteiger partial charge < -0.3 is 5.73 Å². The Labute approximate surface area is 99.0 Å². The van der Waals surface area contributed by atoms with Gasteiger partial charge in [0.15, 0.2) is 0 Å². The molecule has 5 nitrogen and oxygen atoms in total. The summed E-state index contributed by atoms with van der Waals surface area (Å²) in [6.07, 6.45) is 3.01. The van der Waals surface area contributed by atoms with Crippen molar-refractivity contribution in [3.05, 3.63) is 39.4 Å². The minimum atomic E-state index is -0.539. The minimum absolute atomic E-state index is 0.1000. The molecule has 88 valence electrons. The van der Waals surface area contributed by atoms with E-state index in [0.29, 0.717) is 12.3 Å². The number of nitrogens with two attached hydrogens (primary N) is 1. The SMILES string of the molecule is N#Cc1cc(CC(N)C2CC2)ccc1[N+](=O)[O-]. The molecular weight excluding hydrogens is 218 g/mol. The second kappa shape index (κ2) is 4.52. The van der Waals surface area contributed by atoms with Crippen LogP contribution in [-0.2, 0) is 6.42 Å². The molecule has 2 rings (SSSR count). The normalized spacial score (nSPS) is 16.2. The maximum absolute atomic E-state index is 10.7. The highest BCUT2D eigenvalue weighted by Gasteiger charge is 2.28. The third-order valence-corrected chi connectivity index (χ3v) is 3.08. The second-order valence-electron chi connectivity index (χ2n) is 4.43. The Morgan fingerprint density at radius 1 is 1.59 bits per heavy atom. The molecule has 0 spiro atoms. The molecule has 1 atom stereocenters. The zero-order valence-corrected chi connectivity index (χ0v) is 9.30. The lowest BCUT2D eigenvalue weighted by Gasteiger charge is -2.10. The van der Waals surface area contributed by atoms with E-state index in [1.54, 1.807) is 12.1 Å². The van der Waals surface area contributed by atoms with E-state index in [4.69, 9.17) is 11.0 Å². The molecule has 1 aliphatic carbocycles. The lowest BCUT2D eigenvalue weighted by molar-refractivity contribution is -0.385. The number of benzene rings is 1. The van der Waals surface area contributed by atoms with Crippen LogP contribution in [0, 0.1) is 27.4 Å². The molecule has 0 radical (unpaired) electrons. The Kier molecular flexibility index (Phi) is 3.07. The van der Waals surface area contributed by atoms with Crippen LogP contribution in [-0.4, -0.2) is 11.0 Å². The predicted molar refractivity (Wildman–Crippen MR) is 62.2 cm³/mol. The molecule has 1 aliphatic rings. The van der Waals surface area contributed by atoms with Gasteiger partial charge in [0.05, 0.1) is 4.92 Å². The van der Waals surface area contributed by atoms with Crippen LogP contribution in [0.5, 0.6) is 0 Å². The Morgan fingerprint density at radius 2 is 2.29 bits per heavy atom. The molecule has 1 unspecified atom stereocenters. The van der Waals surface area contributed by atoms with E-state index in [-0.39, 0.29) is 17.3 Å². The van der Waals surface area contributed by atoms with Crippen molar-refractivity contribution in [3.8, 4) is 6.07 Å². The zero-order valence-electron chi connectivity index (χ0n) is 9.30. The Balaban J connectivity index is 2.19. The van der Waals surface area contributed by atoms with Crippen molar-refractivity contribution in [2.75, 3.05) is 0 Å². The van der Waals surface area contributed by atoms with Crippen molar-refractivity contribution in [2.45, 2.75) is 25.3 Å². The molecule has 1 aromatic carbocycles. The van der Waals surface area contributed by atoms with Crippen LogP contribution in [0.4, 0.5) is 5.69 Å². The summed E-state index contributed by atoms with van der Waals surface area (Å²) in [5, 5.41) is 19.5. The molecule has 0 bridgehead atoms. The fourth-order valence-electron chi connectivity index (χ4n) is 1.92. The quantitative estimate of drug-likeness (QED) is 0.631. The molecule has 1 aromatic rings. The smallest absolute Gasteiger partial charge is 0.287 e. The molecule has 1 saturated carbocycles. The average molecular weight is 231 g/mol. The number of nitrogens with zero attached hydrogens (tertiary/aromatic N) is 2. The number of rotatable bonds is 4. The molecular formula is C12H13N3O2. The fraction of sp³-hybridized carbons (Fsp3) is 0.417. The van der Waals surface area contributed by atoms with Crippen LogP contribution in [0.3, 0.4) is 0 Å². The van der Waals surface area contributed by atoms with Crippen LogP contribution in [0.25, 0.3) is 0 Å². The third-order valence-electron chi connectivity index (χ3n) is 3.08. The van der Waals surface area contributed by atoms with Crippen LogP contribution >= 0.6 is 0 Å². The van der Waals surface area contributed by atoms with E-state index in [9.17, 15) is 10.1 Å². The number of nitriles is 1. The lowest BCUT2D eigenvalue weighted by atomic mass is 10.0. The van der Waals surface area contributed by atoms with Gasteiger partial charge in [-0.2, -0.15) is 5.26 Å². The topological polar surface area (TPSA) is 93.0 Å². The van der Waals surface area contributed by atoms with Gasteiger partial charge in [-0.05, 0) is 36.8 Å². The van der Waals surface area contributed by atoms with Gasteiger partial charge in [-0.3, -0.25) is 10.1 Å². The maximum atomic E-state index is 10.7. The van der Waals surface area contributed by atoms with Crippen LogP contribution in [0.2, 0.25) is 0 Å². The fourth-order valence-corrected chi connectivity index (χ4v) is 1.92. The molecule has 0 heterocycles.